The Balaban J connectivity index is 2.83. The predicted molar refractivity (Wildman–Crippen MR) is 77.0 cm³/mol. The molecule has 0 saturated heterocycles. The Morgan fingerprint density at radius 3 is 2.39 bits per heavy atom. The van der Waals surface area contributed by atoms with Crippen molar-refractivity contribution in [3.63, 3.8) is 0 Å². The molecule has 1 aromatic carbocycles. The van der Waals surface area contributed by atoms with E-state index in [9.17, 15) is 0 Å². The molecule has 0 aliphatic heterocycles. The monoisotopic (exact) mass is 283 g/mol. The lowest BCUT2D eigenvalue weighted by Crippen LogP contribution is -2.12. The summed E-state index contributed by atoms with van der Waals surface area (Å²) in [6.07, 6.45) is 0. The molecule has 0 aliphatic rings. The molecule has 0 unspecified atom stereocenters. The zero-order valence-corrected chi connectivity index (χ0v) is 12.4. The summed E-state index contributed by atoms with van der Waals surface area (Å²) < 4.78 is 5.28. The molecule has 1 heterocycles. The van der Waals surface area contributed by atoms with Crippen molar-refractivity contribution < 1.29 is 4.74 Å². The number of methoxy groups -OCH3 is 1. The van der Waals surface area contributed by atoms with Crippen LogP contribution in [0.25, 0.3) is 10.9 Å². The van der Waals surface area contributed by atoms with Crippen LogP contribution in [0.4, 0.5) is 0 Å². The molecular weight excluding hydrogens is 269 g/mol. The predicted octanol–water partition coefficient (Wildman–Crippen LogP) is 4.85. The molecule has 0 saturated carbocycles. The number of ether oxygens (including phenoxy) is 1. The Morgan fingerprint density at radius 1 is 1.17 bits per heavy atom. The van der Waals surface area contributed by atoms with Crippen molar-refractivity contribution in [2.24, 2.45) is 0 Å². The van der Waals surface area contributed by atoms with Crippen molar-refractivity contribution in [2.75, 3.05) is 7.11 Å². The van der Waals surface area contributed by atoms with Crippen LogP contribution in [0.2, 0.25) is 10.2 Å². The van der Waals surface area contributed by atoms with E-state index in [1.54, 1.807) is 13.2 Å². The SMILES string of the molecule is COc1ccc(Cl)c2cc(C(C)(C)C)c(Cl)nc12. The Hall–Kier alpha value is -0.990. The van der Waals surface area contributed by atoms with Gasteiger partial charge in [-0.25, -0.2) is 4.98 Å². The molecular formula is C14H15Cl2NO. The van der Waals surface area contributed by atoms with E-state index in [1.807, 2.05) is 12.1 Å². The number of rotatable bonds is 1. The number of aromatic nitrogens is 1. The number of pyridine rings is 1. The van der Waals surface area contributed by atoms with Crippen LogP contribution in [0.1, 0.15) is 26.3 Å². The number of hydrogen-bond acceptors (Lipinski definition) is 2. The molecule has 0 atom stereocenters. The second-order valence-corrected chi connectivity index (χ2v) is 5.99. The standard InChI is InChI=1S/C14H15Cl2NO/c1-14(2,3)9-7-8-10(15)5-6-11(18-4)12(8)17-13(9)16/h5-7H,1-4H3. The molecule has 1 aromatic heterocycles. The Morgan fingerprint density at radius 2 is 1.83 bits per heavy atom. The van der Waals surface area contributed by atoms with E-state index in [0.29, 0.717) is 21.4 Å². The van der Waals surface area contributed by atoms with Gasteiger partial charge in [-0.15, -0.1) is 0 Å². The van der Waals surface area contributed by atoms with Gasteiger partial charge in [0.2, 0.25) is 0 Å². The van der Waals surface area contributed by atoms with Crippen molar-refractivity contribution in [3.05, 3.63) is 33.9 Å². The summed E-state index contributed by atoms with van der Waals surface area (Å²) in [7, 11) is 1.61. The molecule has 2 nitrogen and oxygen atoms in total. The Bertz CT molecular complexity index is 603. The van der Waals surface area contributed by atoms with Gasteiger partial charge in [-0.1, -0.05) is 44.0 Å². The van der Waals surface area contributed by atoms with E-state index in [4.69, 9.17) is 27.9 Å². The highest BCUT2D eigenvalue weighted by molar-refractivity contribution is 6.36. The number of hydrogen-bond donors (Lipinski definition) is 0. The molecule has 0 spiro atoms. The zero-order chi connectivity index (χ0) is 13.5. The van der Waals surface area contributed by atoms with Crippen LogP contribution >= 0.6 is 23.2 Å². The zero-order valence-electron chi connectivity index (χ0n) is 10.8. The molecule has 96 valence electrons. The van der Waals surface area contributed by atoms with Gasteiger partial charge in [0.05, 0.1) is 12.1 Å². The largest absolute Gasteiger partial charge is 0.494 e. The van der Waals surface area contributed by atoms with Crippen LogP contribution in [-0.2, 0) is 5.41 Å². The third-order valence-corrected chi connectivity index (χ3v) is 3.49. The van der Waals surface area contributed by atoms with Gasteiger partial charge in [0.15, 0.2) is 0 Å². The highest BCUT2D eigenvalue weighted by atomic mass is 35.5. The van der Waals surface area contributed by atoms with Crippen molar-refractivity contribution in [3.8, 4) is 5.75 Å². The van der Waals surface area contributed by atoms with Gasteiger partial charge >= 0.3 is 0 Å². The molecule has 2 aromatic rings. The lowest BCUT2D eigenvalue weighted by Gasteiger charge is -2.21. The summed E-state index contributed by atoms with van der Waals surface area (Å²) in [6.45, 7) is 6.28. The van der Waals surface area contributed by atoms with Gasteiger partial charge in [0, 0.05) is 5.39 Å². The van der Waals surface area contributed by atoms with Gasteiger partial charge in [-0.3, -0.25) is 0 Å². The fourth-order valence-electron chi connectivity index (χ4n) is 1.87. The number of benzene rings is 1. The van der Waals surface area contributed by atoms with E-state index < -0.39 is 0 Å². The summed E-state index contributed by atoms with van der Waals surface area (Å²) in [5.41, 5.74) is 1.60. The first-order chi connectivity index (χ1) is 8.34. The summed E-state index contributed by atoms with van der Waals surface area (Å²) >= 11 is 12.5. The summed E-state index contributed by atoms with van der Waals surface area (Å²) in [5, 5.41) is 2.02. The van der Waals surface area contributed by atoms with Crippen LogP contribution < -0.4 is 4.74 Å². The maximum Gasteiger partial charge on any atom is 0.145 e. The quantitative estimate of drug-likeness (QED) is 0.698. The molecule has 0 amide bonds. The van der Waals surface area contributed by atoms with Crippen LogP contribution in [0, 0.1) is 0 Å². The van der Waals surface area contributed by atoms with Gasteiger partial charge in [0.1, 0.15) is 16.4 Å². The number of halogens is 2. The van der Waals surface area contributed by atoms with E-state index >= 15 is 0 Å². The minimum absolute atomic E-state index is 0.0787. The molecule has 0 fully saturated rings. The molecule has 0 bridgehead atoms. The summed E-state index contributed by atoms with van der Waals surface area (Å²) in [4.78, 5) is 4.43. The molecule has 18 heavy (non-hydrogen) atoms. The second-order valence-electron chi connectivity index (χ2n) is 5.22. The van der Waals surface area contributed by atoms with E-state index in [2.05, 4.69) is 25.8 Å². The average Bonchev–Trinajstić information content (AvgIpc) is 2.27. The fraction of sp³-hybridized carbons (Fsp3) is 0.357. The van der Waals surface area contributed by atoms with Crippen LogP contribution in [-0.4, -0.2) is 12.1 Å². The maximum absolute atomic E-state index is 6.26. The highest BCUT2D eigenvalue weighted by Crippen LogP contribution is 2.36. The minimum atomic E-state index is -0.0787. The number of fused-ring (bicyclic) bond motifs is 1. The van der Waals surface area contributed by atoms with Gasteiger partial charge in [0.25, 0.3) is 0 Å². The van der Waals surface area contributed by atoms with Crippen molar-refractivity contribution in [1.82, 2.24) is 4.98 Å². The topological polar surface area (TPSA) is 22.1 Å². The smallest absolute Gasteiger partial charge is 0.145 e. The van der Waals surface area contributed by atoms with Crippen LogP contribution in [0.15, 0.2) is 18.2 Å². The summed E-state index contributed by atoms with van der Waals surface area (Å²) in [6, 6.07) is 5.60. The van der Waals surface area contributed by atoms with E-state index in [0.717, 1.165) is 10.9 Å². The Labute approximate surface area is 117 Å². The first-order valence-electron chi connectivity index (χ1n) is 5.68. The number of nitrogens with zero attached hydrogens (tertiary/aromatic N) is 1. The van der Waals surface area contributed by atoms with Crippen LogP contribution in [0.3, 0.4) is 0 Å². The first-order valence-corrected chi connectivity index (χ1v) is 6.43. The third-order valence-electron chi connectivity index (χ3n) is 2.88. The maximum atomic E-state index is 6.26. The molecule has 2 rings (SSSR count). The van der Waals surface area contributed by atoms with Gasteiger partial charge < -0.3 is 4.74 Å². The van der Waals surface area contributed by atoms with E-state index in [1.165, 1.54) is 0 Å². The fourth-order valence-corrected chi connectivity index (χ4v) is 2.50. The normalized spacial score (nSPS) is 11.9. The van der Waals surface area contributed by atoms with E-state index in [-0.39, 0.29) is 5.41 Å². The highest BCUT2D eigenvalue weighted by Gasteiger charge is 2.20. The molecule has 0 radical (unpaired) electrons. The Kier molecular flexibility index (Phi) is 3.43. The van der Waals surface area contributed by atoms with Crippen molar-refractivity contribution >= 4 is 34.1 Å². The van der Waals surface area contributed by atoms with Gasteiger partial charge in [-0.2, -0.15) is 0 Å². The molecule has 4 heteroatoms. The van der Waals surface area contributed by atoms with Gasteiger partial charge in [-0.05, 0) is 29.2 Å². The first kappa shape index (κ1) is 13.4. The molecule has 0 aliphatic carbocycles. The minimum Gasteiger partial charge on any atom is -0.494 e. The third kappa shape index (κ3) is 2.27. The van der Waals surface area contributed by atoms with Crippen molar-refractivity contribution in [2.45, 2.75) is 26.2 Å². The summed E-state index contributed by atoms with van der Waals surface area (Å²) in [5.74, 6) is 0.678. The molecule has 0 N–H and O–H groups in total. The average molecular weight is 284 g/mol. The van der Waals surface area contributed by atoms with Crippen LogP contribution in [0.5, 0.6) is 5.75 Å². The second kappa shape index (κ2) is 4.60. The lowest BCUT2D eigenvalue weighted by molar-refractivity contribution is 0.419. The van der Waals surface area contributed by atoms with Crippen molar-refractivity contribution in [1.29, 1.82) is 0 Å². The lowest BCUT2D eigenvalue weighted by atomic mass is 9.87.